The number of aromatic nitrogens is 1. The van der Waals surface area contributed by atoms with Crippen LogP contribution in [-0.2, 0) is 4.79 Å². The lowest BCUT2D eigenvalue weighted by Crippen LogP contribution is -2.35. The van der Waals surface area contributed by atoms with Crippen LogP contribution in [0.2, 0.25) is 0 Å². The molecule has 1 amide bonds. The average molecular weight is 313 g/mol. The molecule has 1 aromatic rings. The maximum absolute atomic E-state index is 12.7. The van der Waals surface area contributed by atoms with Crippen LogP contribution >= 0.6 is 0 Å². The number of hydrogen-bond donors (Lipinski definition) is 0. The molecule has 3 aliphatic rings. The van der Waals surface area contributed by atoms with E-state index in [-0.39, 0.29) is 0 Å². The van der Waals surface area contributed by atoms with Crippen LogP contribution in [0, 0.1) is 23.7 Å². The molecule has 3 fully saturated rings. The van der Waals surface area contributed by atoms with Gasteiger partial charge in [0.05, 0.1) is 0 Å². The van der Waals surface area contributed by atoms with Crippen molar-refractivity contribution in [3.05, 3.63) is 30.1 Å². The zero-order chi connectivity index (χ0) is 16.0. The number of hydrogen-bond acceptors (Lipinski definition) is 3. The molecule has 2 saturated carbocycles. The summed E-state index contributed by atoms with van der Waals surface area (Å²) in [4.78, 5) is 21.4. The standard InChI is InChI=1S/C19H27N3O/c1-21-9-7-15(18(21)14-4-3-8-20-11-14)12-22(2)19(23)17-10-16(17)13-5-6-13/h3-4,8,11,13,15-18H,5-7,9-10,12H2,1-2H3/t15-,16+,17-,18-/m0/s1. The molecule has 1 aliphatic heterocycles. The predicted octanol–water partition coefficient (Wildman–Crippen LogP) is 2.58. The second kappa shape index (κ2) is 5.90. The Bertz CT molecular complexity index is 571. The van der Waals surface area contributed by atoms with Crippen LogP contribution in [0.5, 0.6) is 0 Å². The first-order valence-corrected chi connectivity index (χ1v) is 9.00. The van der Waals surface area contributed by atoms with Gasteiger partial charge < -0.3 is 4.90 Å². The van der Waals surface area contributed by atoms with E-state index in [0.29, 0.717) is 29.7 Å². The van der Waals surface area contributed by atoms with E-state index >= 15 is 0 Å². The number of pyridine rings is 1. The summed E-state index contributed by atoms with van der Waals surface area (Å²) < 4.78 is 0. The third-order valence-corrected chi connectivity index (χ3v) is 6.07. The molecule has 0 N–H and O–H groups in total. The minimum Gasteiger partial charge on any atom is -0.345 e. The summed E-state index contributed by atoms with van der Waals surface area (Å²) in [6.07, 6.45) is 8.82. The topological polar surface area (TPSA) is 36.4 Å². The first kappa shape index (κ1) is 15.1. The Morgan fingerprint density at radius 1 is 1.39 bits per heavy atom. The summed E-state index contributed by atoms with van der Waals surface area (Å²) in [6.45, 7) is 1.97. The lowest BCUT2D eigenvalue weighted by Gasteiger charge is -2.29. The Morgan fingerprint density at radius 3 is 2.91 bits per heavy atom. The fourth-order valence-corrected chi connectivity index (χ4v) is 4.56. The van der Waals surface area contributed by atoms with Crippen LogP contribution in [0.1, 0.15) is 37.3 Å². The fourth-order valence-electron chi connectivity index (χ4n) is 4.56. The molecule has 0 unspecified atom stereocenters. The van der Waals surface area contributed by atoms with Gasteiger partial charge in [0.1, 0.15) is 0 Å². The Balaban J connectivity index is 1.40. The predicted molar refractivity (Wildman–Crippen MR) is 89.7 cm³/mol. The monoisotopic (exact) mass is 313 g/mol. The van der Waals surface area contributed by atoms with Crippen molar-refractivity contribution in [3.8, 4) is 0 Å². The normalized spacial score (nSPS) is 33.7. The van der Waals surface area contributed by atoms with Crippen molar-refractivity contribution >= 4 is 5.91 Å². The first-order chi connectivity index (χ1) is 11.1. The number of likely N-dealkylation sites (tertiary alicyclic amines) is 1. The highest BCUT2D eigenvalue weighted by atomic mass is 16.2. The quantitative estimate of drug-likeness (QED) is 0.838. The maximum atomic E-state index is 12.7. The molecule has 4 heteroatoms. The molecule has 1 aromatic heterocycles. The molecule has 0 spiro atoms. The van der Waals surface area contributed by atoms with Crippen molar-refractivity contribution in [2.45, 2.75) is 31.7 Å². The Hall–Kier alpha value is -1.42. The van der Waals surface area contributed by atoms with Crippen molar-refractivity contribution in [2.75, 3.05) is 27.2 Å². The van der Waals surface area contributed by atoms with Crippen molar-refractivity contribution in [3.63, 3.8) is 0 Å². The Labute approximate surface area is 138 Å². The first-order valence-electron chi connectivity index (χ1n) is 9.00. The summed E-state index contributed by atoms with van der Waals surface area (Å²) in [5, 5.41) is 0. The largest absolute Gasteiger partial charge is 0.345 e. The zero-order valence-electron chi connectivity index (χ0n) is 14.2. The summed E-state index contributed by atoms with van der Waals surface area (Å²) in [7, 11) is 4.19. The number of amides is 1. The molecule has 2 heterocycles. The van der Waals surface area contributed by atoms with E-state index in [1.54, 1.807) is 0 Å². The van der Waals surface area contributed by atoms with E-state index in [1.165, 1.54) is 18.4 Å². The molecular formula is C19H27N3O. The van der Waals surface area contributed by atoms with E-state index in [0.717, 1.165) is 31.8 Å². The second-order valence-corrected chi connectivity index (χ2v) is 7.82. The summed E-state index contributed by atoms with van der Waals surface area (Å²) >= 11 is 0. The lowest BCUT2D eigenvalue weighted by atomic mass is 9.94. The van der Waals surface area contributed by atoms with Crippen molar-refractivity contribution in [1.29, 1.82) is 0 Å². The minimum absolute atomic E-state index is 0.337. The average Bonchev–Trinajstić information content (AvgIpc) is 3.45. The highest BCUT2D eigenvalue weighted by molar-refractivity contribution is 5.81. The van der Waals surface area contributed by atoms with Crippen molar-refractivity contribution < 1.29 is 4.79 Å². The molecule has 4 rings (SSSR count). The molecule has 23 heavy (non-hydrogen) atoms. The van der Waals surface area contributed by atoms with Gasteiger partial charge in [-0.3, -0.25) is 14.7 Å². The van der Waals surface area contributed by atoms with Gasteiger partial charge in [-0.25, -0.2) is 0 Å². The molecular weight excluding hydrogens is 286 g/mol. The van der Waals surface area contributed by atoms with Crippen LogP contribution in [0.4, 0.5) is 0 Å². The number of rotatable bonds is 5. The summed E-state index contributed by atoms with van der Waals surface area (Å²) in [5.74, 6) is 2.82. The van der Waals surface area contributed by atoms with E-state index < -0.39 is 0 Å². The fraction of sp³-hybridized carbons (Fsp3) is 0.684. The minimum atomic E-state index is 0.337. The van der Waals surface area contributed by atoms with Crippen LogP contribution in [0.15, 0.2) is 24.5 Å². The van der Waals surface area contributed by atoms with Gasteiger partial charge in [-0.15, -0.1) is 0 Å². The lowest BCUT2D eigenvalue weighted by molar-refractivity contribution is -0.132. The third kappa shape index (κ3) is 3.01. The molecule has 124 valence electrons. The van der Waals surface area contributed by atoms with Crippen LogP contribution in [0.3, 0.4) is 0 Å². The summed E-state index contributed by atoms with van der Waals surface area (Å²) in [5.41, 5.74) is 1.28. The highest BCUT2D eigenvalue weighted by Crippen LogP contribution is 2.55. The van der Waals surface area contributed by atoms with Gasteiger partial charge in [0.15, 0.2) is 0 Å². The maximum Gasteiger partial charge on any atom is 0.225 e. The van der Waals surface area contributed by atoms with Crippen LogP contribution < -0.4 is 0 Å². The zero-order valence-corrected chi connectivity index (χ0v) is 14.2. The Kier molecular flexibility index (Phi) is 3.88. The molecule has 1 saturated heterocycles. The molecule has 0 bridgehead atoms. The second-order valence-electron chi connectivity index (χ2n) is 7.82. The smallest absolute Gasteiger partial charge is 0.225 e. The number of carbonyl (C=O) groups is 1. The van der Waals surface area contributed by atoms with Gasteiger partial charge in [0.2, 0.25) is 5.91 Å². The van der Waals surface area contributed by atoms with E-state index in [4.69, 9.17) is 0 Å². The van der Waals surface area contributed by atoms with Crippen molar-refractivity contribution in [2.24, 2.45) is 23.7 Å². The molecule has 0 aromatic carbocycles. The SMILES string of the molecule is CN(C[C@@H]1CCN(C)[C@H]1c1cccnc1)C(=O)[C@H]1C[C@@H]1C1CC1. The molecule has 4 nitrogen and oxygen atoms in total. The van der Waals surface area contributed by atoms with E-state index in [2.05, 4.69) is 23.0 Å². The molecule has 4 atom stereocenters. The number of carbonyl (C=O) groups excluding carboxylic acids is 1. The third-order valence-electron chi connectivity index (χ3n) is 6.07. The van der Waals surface area contributed by atoms with Crippen LogP contribution in [-0.4, -0.2) is 47.9 Å². The highest BCUT2D eigenvalue weighted by Gasteiger charge is 2.52. The van der Waals surface area contributed by atoms with Gasteiger partial charge in [-0.05, 0) is 68.7 Å². The molecule has 2 aliphatic carbocycles. The summed E-state index contributed by atoms with van der Waals surface area (Å²) in [6, 6.07) is 4.56. The van der Waals surface area contributed by atoms with Gasteiger partial charge in [-0.2, -0.15) is 0 Å². The molecule has 0 radical (unpaired) electrons. The van der Waals surface area contributed by atoms with E-state index in [9.17, 15) is 4.79 Å². The van der Waals surface area contributed by atoms with Gasteiger partial charge in [0, 0.05) is 37.9 Å². The van der Waals surface area contributed by atoms with Gasteiger partial charge in [-0.1, -0.05) is 6.07 Å². The van der Waals surface area contributed by atoms with E-state index in [1.807, 2.05) is 30.4 Å². The van der Waals surface area contributed by atoms with Crippen LogP contribution in [0.25, 0.3) is 0 Å². The van der Waals surface area contributed by atoms with Gasteiger partial charge >= 0.3 is 0 Å². The number of nitrogens with zero attached hydrogens (tertiary/aromatic N) is 3. The van der Waals surface area contributed by atoms with Crippen molar-refractivity contribution in [1.82, 2.24) is 14.8 Å². The van der Waals surface area contributed by atoms with Gasteiger partial charge in [0.25, 0.3) is 0 Å². The Morgan fingerprint density at radius 2 is 2.22 bits per heavy atom.